The number of ether oxygens (including phenoxy) is 1. The van der Waals surface area contributed by atoms with Gasteiger partial charge in [0.25, 0.3) is 0 Å². The first-order chi connectivity index (χ1) is 15.9. The van der Waals surface area contributed by atoms with E-state index in [1.54, 1.807) is 6.07 Å². The quantitative estimate of drug-likeness (QED) is 0.606. The Morgan fingerprint density at radius 3 is 2.18 bits per heavy atom. The molecule has 6 heteroatoms. The average Bonchev–Trinajstić information content (AvgIpc) is 2.78. The van der Waals surface area contributed by atoms with Gasteiger partial charge in [-0.15, -0.1) is 0 Å². The Labute approximate surface area is 198 Å². The molecule has 3 aliphatic rings. The topological polar surface area (TPSA) is 66.8 Å². The number of aromatic hydroxyl groups is 1. The molecule has 0 saturated heterocycles. The normalized spacial score (nSPS) is 19.1. The molecule has 0 atom stereocenters. The lowest BCUT2D eigenvalue weighted by Gasteiger charge is -2.44. The van der Waals surface area contributed by atoms with Gasteiger partial charge >= 0.3 is 0 Å². The van der Waals surface area contributed by atoms with Gasteiger partial charge in [-0.2, -0.15) is 0 Å². The van der Waals surface area contributed by atoms with E-state index in [2.05, 4.69) is 11.0 Å². The number of hydrogen-bond donors (Lipinski definition) is 1. The number of anilines is 1. The van der Waals surface area contributed by atoms with Crippen LogP contribution in [0.25, 0.3) is 0 Å². The minimum absolute atomic E-state index is 0.0481. The van der Waals surface area contributed by atoms with Crippen molar-refractivity contribution in [1.82, 2.24) is 0 Å². The maximum Gasteiger partial charge on any atom is 0.161 e. The zero-order valence-corrected chi connectivity index (χ0v) is 19.5. The monoisotopic (exact) mass is 463 g/mol. The third-order valence-electron chi connectivity index (χ3n) is 6.84. The number of benzene rings is 2. The van der Waals surface area contributed by atoms with E-state index in [1.165, 1.54) is 13.2 Å². The van der Waals surface area contributed by atoms with Gasteiger partial charge in [-0.05, 0) is 61.9 Å². The van der Waals surface area contributed by atoms with Gasteiger partial charge in [0, 0.05) is 58.1 Å². The number of carbonyl (C=O) groups is 2. The maximum absolute atomic E-state index is 13.4. The van der Waals surface area contributed by atoms with Crippen LogP contribution in [-0.2, 0) is 9.59 Å². The van der Waals surface area contributed by atoms with Crippen LogP contribution < -0.4 is 9.64 Å². The van der Waals surface area contributed by atoms with Crippen molar-refractivity contribution in [2.24, 2.45) is 0 Å². The lowest BCUT2D eigenvalue weighted by atomic mass is 9.70. The number of hydrogen-bond acceptors (Lipinski definition) is 5. The van der Waals surface area contributed by atoms with Gasteiger partial charge < -0.3 is 14.7 Å². The predicted molar refractivity (Wildman–Crippen MR) is 128 cm³/mol. The van der Waals surface area contributed by atoms with E-state index >= 15 is 0 Å². The van der Waals surface area contributed by atoms with Crippen molar-refractivity contribution in [1.29, 1.82) is 0 Å². The molecule has 2 aliphatic carbocycles. The average molecular weight is 464 g/mol. The van der Waals surface area contributed by atoms with Gasteiger partial charge in [-0.25, -0.2) is 0 Å². The second-order valence-corrected chi connectivity index (χ2v) is 9.33. The van der Waals surface area contributed by atoms with Gasteiger partial charge in [0.15, 0.2) is 23.1 Å². The molecule has 2 aromatic carbocycles. The van der Waals surface area contributed by atoms with Crippen molar-refractivity contribution >= 4 is 28.9 Å². The van der Waals surface area contributed by atoms with Crippen LogP contribution in [0.4, 0.5) is 5.69 Å². The number of carbonyl (C=O) groups excluding carboxylic acids is 2. The number of methoxy groups -OCH3 is 1. The fourth-order valence-electron chi connectivity index (χ4n) is 5.45. The molecule has 0 bridgehead atoms. The summed E-state index contributed by atoms with van der Waals surface area (Å²) in [6, 6.07) is 11.3. The van der Waals surface area contributed by atoms with Gasteiger partial charge in [0.05, 0.1) is 7.11 Å². The minimum atomic E-state index is -0.557. The molecule has 0 saturated carbocycles. The second-order valence-electron chi connectivity index (χ2n) is 8.93. The summed E-state index contributed by atoms with van der Waals surface area (Å²) < 4.78 is 5.34. The SMILES string of the molecule is COc1cc(C2C3=C(CCCC3=O)N(c3cccc(C)c3)C3=C2C(=O)CCC3)c(Cl)cc1O. The second kappa shape index (κ2) is 8.38. The van der Waals surface area contributed by atoms with Crippen LogP contribution in [0.15, 0.2) is 58.9 Å². The third-order valence-corrected chi connectivity index (χ3v) is 7.17. The van der Waals surface area contributed by atoms with Crippen LogP contribution in [0.5, 0.6) is 11.5 Å². The molecule has 0 radical (unpaired) electrons. The number of phenols is 1. The molecule has 0 amide bonds. The zero-order chi connectivity index (χ0) is 23.3. The standard InChI is InChI=1S/C27H26ClNO4/c1-15-6-3-7-16(12-15)29-19-8-4-10-21(30)26(19)25(27-20(29)9-5-11-22(27)31)17-13-24(33-2)23(32)14-18(17)28/h3,6-7,12-14,25,32H,4-5,8-11H2,1-2H3. The summed E-state index contributed by atoms with van der Waals surface area (Å²) in [7, 11) is 1.47. The molecular formula is C27H26ClNO4. The summed E-state index contributed by atoms with van der Waals surface area (Å²) in [6.45, 7) is 2.04. The van der Waals surface area contributed by atoms with Crippen molar-refractivity contribution in [3.63, 3.8) is 0 Å². The molecule has 2 aromatic rings. The van der Waals surface area contributed by atoms with Crippen molar-refractivity contribution in [2.75, 3.05) is 12.0 Å². The highest BCUT2D eigenvalue weighted by Crippen LogP contribution is 2.52. The molecule has 170 valence electrons. The molecule has 33 heavy (non-hydrogen) atoms. The van der Waals surface area contributed by atoms with Gasteiger partial charge in [0.2, 0.25) is 0 Å². The van der Waals surface area contributed by atoms with Crippen molar-refractivity contribution in [2.45, 2.75) is 51.4 Å². The smallest absolute Gasteiger partial charge is 0.161 e. The number of nitrogens with zero attached hydrogens (tertiary/aromatic N) is 1. The summed E-state index contributed by atoms with van der Waals surface area (Å²) in [4.78, 5) is 29.0. The Hall–Kier alpha value is -3.05. The highest BCUT2D eigenvalue weighted by molar-refractivity contribution is 6.32. The molecular weight excluding hydrogens is 438 g/mol. The lowest BCUT2D eigenvalue weighted by molar-refractivity contribution is -0.116. The van der Waals surface area contributed by atoms with Crippen molar-refractivity contribution in [3.8, 4) is 11.5 Å². The molecule has 5 nitrogen and oxygen atoms in total. The summed E-state index contributed by atoms with van der Waals surface area (Å²) in [6.07, 6.45) is 3.94. The number of Topliss-reactive ketones (excluding diaryl/α,β-unsaturated/α-hetero) is 2. The highest BCUT2D eigenvalue weighted by atomic mass is 35.5. The number of rotatable bonds is 3. The molecule has 0 fully saturated rings. The number of ketones is 2. The molecule has 0 spiro atoms. The van der Waals surface area contributed by atoms with E-state index < -0.39 is 5.92 Å². The zero-order valence-electron chi connectivity index (χ0n) is 18.8. The first-order valence-corrected chi connectivity index (χ1v) is 11.7. The van der Waals surface area contributed by atoms with E-state index in [4.69, 9.17) is 16.3 Å². The van der Waals surface area contributed by atoms with Crippen LogP contribution in [0, 0.1) is 6.92 Å². The predicted octanol–water partition coefficient (Wildman–Crippen LogP) is 5.98. The van der Waals surface area contributed by atoms with Crippen LogP contribution in [0.3, 0.4) is 0 Å². The Balaban J connectivity index is 1.82. The Bertz CT molecular complexity index is 1200. The number of halogens is 1. The van der Waals surface area contributed by atoms with E-state index in [1.807, 2.05) is 25.1 Å². The number of phenolic OH excluding ortho intramolecular Hbond substituents is 1. The lowest BCUT2D eigenvalue weighted by Crippen LogP contribution is -2.39. The van der Waals surface area contributed by atoms with Crippen molar-refractivity contribution in [3.05, 3.63) is 75.1 Å². The molecule has 0 unspecified atom stereocenters. The van der Waals surface area contributed by atoms with Gasteiger partial charge in [-0.1, -0.05) is 23.7 Å². The van der Waals surface area contributed by atoms with E-state index in [0.29, 0.717) is 34.6 Å². The van der Waals surface area contributed by atoms with E-state index in [0.717, 1.165) is 48.3 Å². The van der Waals surface area contributed by atoms with Crippen molar-refractivity contribution < 1.29 is 19.4 Å². The van der Waals surface area contributed by atoms with E-state index in [-0.39, 0.29) is 23.1 Å². The fraction of sp³-hybridized carbons (Fsp3) is 0.333. The van der Waals surface area contributed by atoms with Crippen LogP contribution in [-0.4, -0.2) is 23.8 Å². The summed E-state index contributed by atoms with van der Waals surface area (Å²) in [5.41, 5.74) is 5.93. The van der Waals surface area contributed by atoms with Crippen LogP contribution >= 0.6 is 11.6 Å². The first-order valence-electron chi connectivity index (χ1n) is 11.4. The van der Waals surface area contributed by atoms with Crippen LogP contribution in [0.1, 0.15) is 55.6 Å². The Kier molecular flexibility index (Phi) is 5.53. The Morgan fingerprint density at radius 1 is 0.970 bits per heavy atom. The van der Waals surface area contributed by atoms with Crippen LogP contribution in [0.2, 0.25) is 5.02 Å². The first kappa shape index (κ1) is 21.8. The molecule has 1 N–H and O–H groups in total. The van der Waals surface area contributed by atoms with E-state index in [9.17, 15) is 14.7 Å². The molecule has 0 aromatic heterocycles. The fourth-order valence-corrected chi connectivity index (χ4v) is 5.72. The molecule has 1 heterocycles. The number of aryl methyl sites for hydroxylation is 1. The molecule has 1 aliphatic heterocycles. The maximum atomic E-state index is 13.4. The highest BCUT2D eigenvalue weighted by Gasteiger charge is 2.44. The summed E-state index contributed by atoms with van der Waals surface area (Å²) in [5, 5.41) is 10.5. The number of allylic oxidation sites excluding steroid dienone is 4. The minimum Gasteiger partial charge on any atom is -0.504 e. The molecule has 5 rings (SSSR count). The van der Waals surface area contributed by atoms with Gasteiger partial charge in [-0.3, -0.25) is 9.59 Å². The summed E-state index contributed by atoms with van der Waals surface area (Å²) >= 11 is 6.63. The Morgan fingerprint density at radius 2 is 1.61 bits per heavy atom. The third kappa shape index (κ3) is 3.55. The van der Waals surface area contributed by atoms with Gasteiger partial charge in [0.1, 0.15) is 0 Å². The largest absolute Gasteiger partial charge is 0.504 e. The summed E-state index contributed by atoms with van der Waals surface area (Å²) in [5.74, 6) is -0.263.